The molecule has 2 rings (SSSR count). The zero-order valence-electron chi connectivity index (χ0n) is 14.1. The van der Waals surface area contributed by atoms with Crippen LogP contribution in [-0.4, -0.2) is 56.8 Å². The number of likely N-dealkylation sites (N-methyl/N-ethyl adjacent to an activating group) is 1. The number of nitrogens with zero attached hydrogens (tertiary/aromatic N) is 1. The minimum atomic E-state index is -0.410. The molecule has 1 aliphatic rings. The third-order valence-electron chi connectivity index (χ3n) is 3.57. The molecular weight excluding hydrogens is 353 g/mol. The highest BCUT2D eigenvalue weighted by molar-refractivity contribution is 5.94. The maximum absolute atomic E-state index is 12.2. The minimum Gasteiger partial charge on any atom is -0.492 e. The Hall–Kier alpha value is -1.05. The zero-order valence-corrected chi connectivity index (χ0v) is 15.7. The van der Waals surface area contributed by atoms with Gasteiger partial charge in [-0.3, -0.25) is 4.79 Å². The fraction of sp³-hybridized carbons (Fsp3) is 0.562. The number of nitrogens with two attached hydrogens (primary N) is 1. The molecule has 1 heterocycles. The first kappa shape index (κ1) is 22.9. The molecule has 1 aliphatic heterocycles. The average Bonchev–Trinajstić information content (AvgIpc) is 2.96. The first-order chi connectivity index (χ1) is 10.6. The van der Waals surface area contributed by atoms with Crippen molar-refractivity contribution in [3.05, 3.63) is 24.3 Å². The summed E-state index contributed by atoms with van der Waals surface area (Å²) in [5.41, 5.74) is 6.27. The SMILES string of the molecule is CN(C)CCOc1cccc(NC(=O)[C@@H]2CC[C@H](CN)O2)c1.Cl.Cl. The Kier molecular flexibility index (Phi) is 11.0. The van der Waals surface area contributed by atoms with Crippen molar-refractivity contribution < 1.29 is 14.3 Å². The zero-order chi connectivity index (χ0) is 15.9. The van der Waals surface area contributed by atoms with Gasteiger partial charge in [0.15, 0.2) is 0 Å². The second-order valence-electron chi connectivity index (χ2n) is 5.73. The number of anilines is 1. The normalized spacial score (nSPS) is 19.3. The van der Waals surface area contributed by atoms with Crippen LogP contribution in [0.2, 0.25) is 0 Å². The molecule has 1 aromatic rings. The maximum Gasteiger partial charge on any atom is 0.253 e. The number of benzene rings is 1. The topological polar surface area (TPSA) is 76.8 Å². The molecule has 0 saturated carbocycles. The highest BCUT2D eigenvalue weighted by Gasteiger charge is 2.29. The van der Waals surface area contributed by atoms with Gasteiger partial charge in [-0.05, 0) is 39.1 Å². The summed E-state index contributed by atoms with van der Waals surface area (Å²) in [7, 11) is 3.99. The van der Waals surface area contributed by atoms with E-state index < -0.39 is 6.10 Å². The summed E-state index contributed by atoms with van der Waals surface area (Å²) in [5.74, 6) is 0.619. The highest BCUT2D eigenvalue weighted by Crippen LogP contribution is 2.22. The van der Waals surface area contributed by atoms with Crippen LogP contribution in [0.4, 0.5) is 5.69 Å². The van der Waals surface area contributed by atoms with Gasteiger partial charge in [-0.15, -0.1) is 24.8 Å². The van der Waals surface area contributed by atoms with E-state index in [1.54, 1.807) is 0 Å². The Morgan fingerprint density at radius 2 is 2.12 bits per heavy atom. The van der Waals surface area contributed by atoms with E-state index in [-0.39, 0.29) is 36.8 Å². The van der Waals surface area contributed by atoms with E-state index >= 15 is 0 Å². The number of hydrogen-bond donors (Lipinski definition) is 2. The Bertz CT molecular complexity index is 503. The molecule has 0 radical (unpaired) electrons. The van der Waals surface area contributed by atoms with Crippen molar-refractivity contribution in [3.8, 4) is 5.75 Å². The number of carbonyl (C=O) groups excluding carboxylic acids is 1. The maximum atomic E-state index is 12.2. The van der Waals surface area contributed by atoms with Crippen LogP contribution in [0.15, 0.2) is 24.3 Å². The van der Waals surface area contributed by atoms with Gasteiger partial charge in [0, 0.05) is 24.8 Å². The monoisotopic (exact) mass is 379 g/mol. The number of rotatable bonds is 7. The summed E-state index contributed by atoms with van der Waals surface area (Å²) in [6, 6.07) is 7.40. The van der Waals surface area contributed by atoms with Gasteiger partial charge in [0.1, 0.15) is 18.5 Å². The molecule has 0 unspecified atom stereocenters. The lowest BCUT2D eigenvalue weighted by molar-refractivity contribution is -0.126. The predicted octanol–water partition coefficient (Wildman–Crippen LogP) is 1.92. The molecule has 0 bridgehead atoms. The quantitative estimate of drug-likeness (QED) is 0.756. The standard InChI is InChI=1S/C16H25N3O3.2ClH/c1-19(2)8-9-21-13-5-3-4-12(10-13)18-16(20)15-7-6-14(11-17)22-15;;/h3-5,10,14-15H,6-9,11,17H2,1-2H3,(H,18,20);2*1H/t14-,15+;;/m1../s1. The Morgan fingerprint density at radius 1 is 1.38 bits per heavy atom. The van der Waals surface area contributed by atoms with Crippen LogP contribution in [0.25, 0.3) is 0 Å². The van der Waals surface area contributed by atoms with E-state index in [9.17, 15) is 4.79 Å². The van der Waals surface area contributed by atoms with Crippen molar-refractivity contribution in [3.63, 3.8) is 0 Å². The molecule has 1 amide bonds. The van der Waals surface area contributed by atoms with E-state index in [1.807, 2.05) is 38.4 Å². The van der Waals surface area contributed by atoms with E-state index in [4.69, 9.17) is 15.2 Å². The second kappa shape index (κ2) is 11.5. The van der Waals surface area contributed by atoms with Crippen molar-refractivity contribution in [2.24, 2.45) is 5.73 Å². The van der Waals surface area contributed by atoms with Crippen LogP contribution >= 0.6 is 24.8 Å². The summed E-state index contributed by atoms with van der Waals surface area (Å²) in [4.78, 5) is 14.2. The Morgan fingerprint density at radius 3 is 2.75 bits per heavy atom. The van der Waals surface area contributed by atoms with E-state index in [0.717, 1.165) is 18.7 Å². The molecule has 0 spiro atoms. The van der Waals surface area contributed by atoms with Gasteiger partial charge in [-0.2, -0.15) is 0 Å². The Labute approximate surface area is 155 Å². The molecule has 138 valence electrons. The molecule has 8 heteroatoms. The molecule has 0 aromatic heterocycles. The lowest BCUT2D eigenvalue weighted by Gasteiger charge is -2.14. The van der Waals surface area contributed by atoms with Gasteiger partial charge >= 0.3 is 0 Å². The van der Waals surface area contributed by atoms with Gasteiger partial charge in [0.05, 0.1) is 6.10 Å². The van der Waals surface area contributed by atoms with Crippen molar-refractivity contribution in [2.75, 3.05) is 39.1 Å². The molecule has 1 saturated heterocycles. The number of ether oxygens (including phenoxy) is 2. The average molecular weight is 380 g/mol. The second-order valence-corrected chi connectivity index (χ2v) is 5.73. The molecule has 1 aromatic carbocycles. The van der Waals surface area contributed by atoms with Gasteiger partial charge in [-0.25, -0.2) is 0 Å². The lowest BCUT2D eigenvalue weighted by atomic mass is 10.2. The van der Waals surface area contributed by atoms with Crippen LogP contribution in [0, 0.1) is 0 Å². The first-order valence-electron chi connectivity index (χ1n) is 7.62. The largest absolute Gasteiger partial charge is 0.492 e. The van der Waals surface area contributed by atoms with Crippen LogP contribution in [0.3, 0.4) is 0 Å². The number of amides is 1. The summed E-state index contributed by atoms with van der Waals surface area (Å²) >= 11 is 0. The number of nitrogens with one attached hydrogen (secondary N) is 1. The fourth-order valence-corrected chi connectivity index (χ4v) is 2.30. The van der Waals surface area contributed by atoms with E-state index in [0.29, 0.717) is 25.3 Å². The number of hydrogen-bond acceptors (Lipinski definition) is 5. The van der Waals surface area contributed by atoms with Gasteiger partial charge in [0.25, 0.3) is 5.91 Å². The lowest BCUT2D eigenvalue weighted by Crippen LogP contribution is -2.29. The van der Waals surface area contributed by atoms with Gasteiger partial charge in [-0.1, -0.05) is 6.07 Å². The van der Waals surface area contributed by atoms with Crippen molar-refractivity contribution in [2.45, 2.75) is 25.0 Å². The van der Waals surface area contributed by atoms with Gasteiger partial charge in [0.2, 0.25) is 0 Å². The summed E-state index contributed by atoms with van der Waals surface area (Å²) in [5, 5.41) is 2.87. The third kappa shape index (κ3) is 7.23. The molecule has 2 atom stereocenters. The smallest absolute Gasteiger partial charge is 0.253 e. The molecule has 24 heavy (non-hydrogen) atoms. The van der Waals surface area contributed by atoms with E-state index in [2.05, 4.69) is 10.2 Å². The predicted molar refractivity (Wildman–Crippen MR) is 101 cm³/mol. The van der Waals surface area contributed by atoms with Gasteiger partial charge < -0.3 is 25.4 Å². The molecular formula is C16H27Cl2N3O3. The fourth-order valence-electron chi connectivity index (χ4n) is 2.30. The molecule has 6 nitrogen and oxygen atoms in total. The summed E-state index contributed by atoms with van der Waals surface area (Å²) < 4.78 is 11.3. The van der Waals surface area contributed by atoms with Crippen molar-refractivity contribution in [1.82, 2.24) is 4.90 Å². The summed E-state index contributed by atoms with van der Waals surface area (Å²) in [6.07, 6.45) is 1.14. The highest BCUT2D eigenvalue weighted by atomic mass is 35.5. The summed E-state index contributed by atoms with van der Waals surface area (Å²) in [6.45, 7) is 1.90. The van der Waals surface area contributed by atoms with Crippen LogP contribution in [-0.2, 0) is 9.53 Å². The molecule has 0 aliphatic carbocycles. The van der Waals surface area contributed by atoms with Crippen LogP contribution in [0.1, 0.15) is 12.8 Å². The van der Waals surface area contributed by atoms with Crippen molar-refractivity contribution >= 4 is 36.4 Å². The number of halogens is 2. The van der Waals surface area contributed by atoms with Crippen molar-refractivity contribution in [1.29, 1.82) is 0 Å². The van der Waals surface area contributed by atoms with Crippen LogP contribution in [0.5, 0.6) is 5.75 Å². The Balaban J connectivity index is 0.00000264. The molecule has 3 N–H and O–H groups in total. The third-order valence-corrected chi connectivity index (χ3v) is 3.57. The van der Waals surface area contributed by atoms with E-state index in [1.165, 1.54) is 0 Å². The molecule has 1 fully saturated rings. The number of carbonyl (C=O) groups is 1. The van der Waals surface area contributed by atoms with Crippen LogP contribution < -0.4 is 15.8 Å². The minimum absolute atomic E-state index is 0. The first-order valence-corrected chi connectivity index (χ1v) is 7.62.